The standard InChI is InChI=1S/C13H22N2O3S/c1-4-7-14-9-10-5-6-12(18-10)19(16,17)15-11-8-13(11,2)3/h5-6,11,14-15H,4,7-9H2,1-3H3. The van der Waals surface area contributed by atoms with Crippen molar-refractivity contribution in [2.45, 2.75) is 51.3 Å². The monoisotopic (exact) mass is 286 g/mol. The Labute approximate surface area is 114 Å². The van der Waals surface area contributed by atoms with E-state index in [9.17, 15) is 8.42 Å². The zero-order valence-corrected chi connectivity index (χ0v) is 12.5. The first kappa shape index (κ1) is 14.6. The lowest BCUT2D eigenvalue weighted by atomic mass is 10.2. The number of hydrogen-bond acceptors (Lipinski definition) is 4. The molecule has 1 saturated carbocycles. The van der Waals surface area contributed by atoms with Crippen molar-refractivity contribution in [3.8, 4) is 0 Å². The number of hydrogen-bond donors (Lipinski definition) is 2. The third-order valence-electron chi connectivity index (χ3n) is 3.44. The van der Waals surface area contributed by atoms with Crippen LogP contribution in [0.1, 0.15) is 39.4 Å². The van der Waals surface area contributed by atoms with Crippen molar-refractivity contribution < 1.29 is 12.8 Å². The molecule has 0 aliphatic heterocycles. The molecule has 2 rings (SSSR count). The van der Waals surface area contributed by atoms with E-state index in [0.717, 1.165) is 19.4 Å². The molecule has 1 unspecified atom stereocenters. The summed E-state index contributed by atoms with van der Waals surface area (Å²) in [5, 5.41) is 3.18. The molecule has 0 radical (unpaired) electrons. The van der Waals surface area contributed by atoms with Crippen LogP contribution in [0.25, 0.3) is 0 Å². The van der Waals surface area contributed by atoms with Gasteiger partial charge in [-0.1, -0.05) is 20.8 Å². The fourth-order valence-electron chi connectivity index (χ4n) is 1.90. The van der Waals surface area contributed by atoms with E-state index in [4.69, 9.17) is 4.42 Å². The molecule has 2 N–H and O–H groups in total. The van der Waals surface area contributed by atoms with Crippen molar-refractivity contribution in [1.29, 1.82) is 0 Å². The van der Waals surface area contributed by atoms with E-state index >= 15 is 0 Å². The van der Waals surface area contributed by atoms with Gasteiger partial charge in [-0.3, -0.25) is 0 Å². The van der Waals surface area contributed by atoms with E-state index in [1.807, 2.05) is 13.8 Å². The van der Waals surface area contributed by atoms with Gasteiger partial charge in [0, 0.05) is 6.04 Å². The Hall–Kier alpha value is -0.850. The third-order valence-corrected chi connectivity index (χ3v) is 4.78. The van der Waals surface area contributed by atoms with Gasteiger partial charge in [0.2, 0.25) is 5.09 Å². The SMILES string of the molecule is CCCNCc1ccc(S(=O)(=O)NC2CC2(C)C)o1. The van der Waals surface area contributed by atoms with Gasteiger partial charge in [-0.2, -0.15) is 0 Å². The molecule has 1 aromatic heterocycles. The fourth-order valence-corrected chi connectivity index (χ4v) is 3.26. The van der Waals surface area contributed by atoms with Crippen LogP contribution in [0.3, 0.4) is 0 Å². The minimum atomic E-state index is -3.52. The van der Waals surface area contributed by atoms with Crippen molar-refractivity contribution in [2.24, 2.45) is 5.41 Å². The normalized spacial score (nSPS) is 21.5. The lowest BCUT2D eigenvalue weighted by Gasteiger charge is -2.05. The van der Waals surface area contributed by atoms with Crippen LogP contribution in [0.4, 0.5) is 0 Å². The van der Waals surface area contributed by atoms with E-state index in [1.54, 1.807) is 6.07 Å². The highest BCUT2D eigenvalue weighted by molar-refractivity contribution is 7.89. The number of rotatable bonds is 7. The van der Waals surface area contributed by atoms with Gasteiger partial charge < -0.3 is 9.73 Å². The van der Waals surface area contributed by atoms with E-state index in [1.165, 1.54) is 6.07 Å². The first-order valence-electron chi connectivity index (χ1n) is 6.67. The number of sulfonamides is 1. The zero-order chi connectivity index (χ0) is 14.1. The average Bonchev–Trinajstić information content (AvgIpc) is 2.77. The molecule has 1 heterocycles. The Morgan fingerprint density at radius 1 is 1.42 bits per heavy atom. The molecule has 108 valence electrons. The zero-order valence-electron chi connectivity index (χ0n) is 11.7. The maximum Gasteiger partial charge on any atom is 0.274 e. The fraction of sp³-hybridized carbons (Fsp3) is 0.692. The second kappa shape index (κ2) is 5.26. The molecule has 0 bridgehead atoms. The van der Waals surface area contributed by atoms with Crippen molar-refractivity contribution in [3.05, 3.63) is 17.9 Å². The predicted octanol–water partition coefficient (Wildman–Crippen LogP) is 1.86. The van der Waals surface area contributed by atoms with E-state index in [2.05, 4.69) is 17.0 Å². The van der Waals surface area contributed by atoms with E-state index in [-0.39, 0.29) is 16.5 Å². The smallest absolute Gasteiger partial charge is 0.274 e. The highest BCUT2D eigenvalue weighted by atomic mass is 32.2. The minimum absolute atomic E-state index is 0.00324. The molecular weight excluding hydrogens is 264 g/mol. The summed E-state index contributed by atoms with van der Waals surface area (Å²) in [6.45, 7) is 7.60. The molecule has 1 atom stereocenters. The Bertz CT molecular complexity index is 534. The Kier molecular flexibility index (Phi) is 4.03. The Balaban J connectivity index is 1.97. The molecule has 1 aliphatic carbocycles. The summed E-state index contributed by atoms with van der Waals surface area (Å²) in [7, 11) is -3.52. The van der Waals surface area contributed by atoms with Crippen molar-refractivity contribution >= 4 is 10.0 Å². The van der Waals surface area contributed by atoms with Crippen LogP contribution >= 0.6 is 0 Å². The van der Waals surface area contributed by atoms with Gasteiger partial charge in [0.05, 0.1) is 6.54 Å². The van der Waals surface area contributed by atoms with E-state index < -0.39 is 10.0 Å². The first-order chi connectivity index (χ1) is 8.85. The molecule has 0 aromatic carbocycles. The summed E-state index contributed by atoms with van der Waals surface area (Å²) in [4.78, 5) is 0. The largest absolute Gasteiger partial charge is 0.447 e. The van der Waals surface area contributed by atoms with Gasteiger partial charge in [0.15, 0.2) is 0 Å². The summed E-state index contributed by atoms with van der Waals surface area (Å²) in [6.07, 6.45) is 1.90. The summed E-state index contributed by atoms with van der Waals surface area (Å²) < 4.78 is 32.2. The van der Waals surface area contributed by atoms with Crippen LogP contribution in [-0.4, -0.2) is 21.0 Å². The molecule has 1 aromatic rings. The van der Waals surface area contributed by atoms with Crippen LogP contribution in [0.15, 0.2) is 21.6 Å². The highest BCUT2D eigenvalue weighted by Crippen LogP contribution is 2.45. The molecule has 1 aliphatic rings. The molecule has 0 spiro atoms. The van der Waals surface area contributed by atoms with Crippen molar-refractivity contribution in [2.75, 3.05) is 6.54 Å². The Morgan fingerprint density at radius 2 is 2.11 bits per heavy atom. The summed E-state index contributed by atoms with van der Waals surface area (Å²) >= 11 is 0. The molecule has 0 saturated heterocycles. The summed E-state index contributed by atoms with van der Waals surface area (Å²) in [6, 6.07) is 3.24. The first-order valence-corrected chi connectivity index (χ1v) is 8.15. The van der Waals surface area contributed by atoms with Gasteiger partial charge >= 0.3 is 0 Å². The third kappa shape index (κ3) is 3.58. The minimum Gasteiger partial charge on any atom is -0.447 e. The van der Waals surface area contributed by atoms with Crippen LogP contribution < -0.4 is 10.0 Å². The molecule has 0 amide bonds. The lowest BCUT2D eigenvalue weighted by Crippen LogP contribution is -2.28. The van der Waals surface area contributed by atoms with Crippen LogP contribution in [0, 0.1) is 5.41 Å². The molecule has 6 heteroatoms. The lowest BCUT2D eigenvalue weighted by molar-refractivity contribution is 0.399. The molecule has 5 nitrogen and oxygen atoms in total. The molecule has 1 fully saturated rings. The van der Waals surface area contributed by atoms with Gasteiger partial charge in [-0.15, -0.1) is 0 Å². The van der Waals surface area contributed by atoms with Crippen LogP contribution in [-0.2, 0) is 16.6 Å². The van der Waals surface area contributed by atoms with Crippen molar-refractivity contribution in [1.82, 2.24) is 10.0 Å². The van der Waals surface area contributed by atoms with Crippen LogP contribution in [0.2, 0.25) is 0 Å². The Morgan fingerprint density at radius 3 is 2.68 bits per heavy atom. The highest BCUT2D eigenvalue weighted by Gasteiger charge is 2.48. The quantitative estimate of drug-likeness (QED) is 0.751. The maximum absolute atomic E-state index is 12.1. The second-order valence-electron chi connectivity index (χ2n) is 5.76. The van der Waals surface area contributed by atoms with Gasteiger partial charge in [0.25, 0.3) is 10.0 Å². The second-order valence-corrected chi connectivity index (χ2v) is 7.41. The number of nitrogens with one attached hydrogen (secondary N) is 2. The maximum atomic E-state index is 12.1. The van der Waals surface area contributed by atoms with Crippen LogP contribution in [0.5, 0.6) is 0 Å². The topological polar surface area (TPSA) is 71.3 Å². The molecule has 19 heavy (non-hydrogen) atoms. The number of furan rings is 1. The van der Waals surface area contributed by atoms with E-state index in [0.29, 0.717) is 12.3 Å². The predicted molar refractivity (Wildman–Crippen MR) is 73.2 cm³/mol. The van der Waals surface area contributed by atoms with Gasteiger partial charge in [-0.05, 0) is 36.9 Å². The summed E-state index contributed by atoms with van der Waals surface area (Å²) in [5.74, 6) is 0.642. The van der Waals surface area contributed by atoms with Gasteiger partial charge in [0.1, 0.15) is 5.76 Å². The summed E-state index contributed by atoms with van der Waals surface area (Å²) in [5.41, 5.74) is 0.0607. The van der Waals surface area contributed by atoms with Crippen molar-refractivity contribution in [3.63, 3.8) is 0 Å². The molecular formula is C13H22N2O3S. The van der Waals surface area contributed by atoms with Gasteiger partial charge in [-0.25, -0.2) is 13.1 Å². The average molecular weight is 286 g/mol.